The molecule has 194 valence electrons. The third kappa shape index (κ3) is 4.52. The fourth-order valence-electron chi connectivity index (χ4n) is 6.71. The summed E-state index contributed by atoms with van der Waals surface area (Å²) in [6.07, 6.45) is 5.65. The third-order valence-corrected chi connectivity index (χ3v) is 8.89. The number of anilines is 2. The Kier molecular flexibility index (Phi) is 6.44. The quantitative estimate of drug-likeness (QED) is 0.352. The number of aromatic nitrogens is 2. The zero-order valence-corrected chi connectivity index (χ0v) is 23.7. The lowest BCUT2D eigenvalue weighted by molar-refractivity contribution is 0.357. The number of nitrogens with one attached hydrogen (secondary N) is 1. The summed E-state index contributed by atoms with van der Waals surface area (Å²) in [4.78, 5) is 9.43. The number of hydrogen-bond acceptors (Lipinski definition) is 3. The van der Waals surface area contributed by atoms with Crippen molar-refractivity contribution >= 4 is 40.3 Å². The Balaban J connectivity index is 1.41. The first kappa shape index (κ1) is 24.7. The van der Waals surface area contributed by atoms with Crippen molar-refractivity contribution in [2.24, 2.45) is 11.8 Å². The lowest BCUT2D eigenvalue weighted by Gasteiger charge is -2.37. The van der Waals surface area contributed by atoms with Crippen LogP contribution in [-0.4, -0.2) is 27.8 Å². The molecule has 1 aliphatic carbocycles. The van der Waals surface area contributed by atoms with Crippen LogP contribution in [0.5, 0.6) is 0 Å². The summed E-state index contributed by atoms with van der Waals surface area (Å²) >= 11 is 13.0. The molecule has 1 N–H and O–H groups in total. The smallest absolute Gasteiger partial charge is 0.174 e. The van der Waals surface area contributed by atoms with E-state index in [9.17, 15) is 0 Å². The van der Waals surface area contributed by atoms with Gasteiger partial charge < -0.3 is 19.7 Å². The number of nitrogens with zero attached hydrogens (tertiary/aromatic N) is 4. The standard InChI is InChI=1S/C30H36ClN5S/c1-18-13-19(2)17-34(16-18)27-11-10-23(15-25(27)31)36-29(24-14-20(3)35(21(24)4)22-8-9-22)28(33-30(36)37)26-7-5-6-12-32-26/h5-7,10-12,14-15,18-19,22,28-29H,8-9,13,16-17H2,1-4H3,(H,33,37)/t18-,19-,28+,29-/m1/s1. The van der Waals surface area contributed by atoms with Crippen LogP contribution in [0.25, 0.3) is 0 Å². The van der Waals surface area contributed by atoms with Gasteiger partial charge in [-0.2, -0.15) is 0 Å². The van der Waals surface area contributed by atoms with Gasteiger partial charge in [0.15, 0.2) is 5.11 Å². The maximum atomic E-state index is 6.99. The van der Waals surface area contributed by atoms with Gasteiger partial charge in [0.05, 0.1) is 28.5 Å². The summed E-state index contributed by atoms with van der Waals surface area (Å²) in [5.74, 6) is 1.33. The molecule has 2 aliphatic heterocycles. The van der Waals surface area contributed by atoms with Gasteiger partial charge in [-0.3, -0.25) is 4.98 Å². The first-order valence-electron chi connectivity index (χ1n) is 13.5. The van der Waals surface area contributed by atoms with E-state index in [-0.39, 0.29) is 12.1 Å². The molecule has 4 heterocycles. The topological polar surface area (TPSA) is 36.3 Å². The van der Waals surface area contributed by atoms with Crippen LogP contribution in [0.2, 0.25) is 5.02 Å². The molecule has 2 aromatic heterocycles. The van der Waals surface area contributed by atoms with Crippen LogP contribution < -0.4 is 15.1 Å². The molecule has 3 aliphatic rings. The Labute approximate surface area is 230 Å². The van der Waals surface area contributed by atoms with Crippen molar-refractivity contribution in [3.8, 4) is 0 Å². The molecule has 0 spiro atoms. The van der Waals surface area contributed by atoms with Gasteiger partial charge >= 0.3 is 0 Å². The summed E-state index contributed by atoms with van der Waals surface area (Å²) in [5.41, 5.74) is 7.06. The van der Waals surface area contributed by atoms with E-state index in [2.05, 4.69) is 77.7 Å². The zero-order chi connectivity index (χ0) is 25.8. The molecule has 1 aromatic carbocycles. The highest BCUT2D eigenvalue weighted by atomic mass is 35.5. The third-order valence-electron chi connectivity index (χ3n) is 8.27. The van der Waals surface area contributed by atoms with E-state index in [0.717, 1.165) is 35.2 Å². The number of hydrogen-bond donors (Lipinski definition) is 1. The first-order valence-corrected chi connectivity index (χ1v) is 14.3. The number of halogens is 1. The predicted octanol–water partition coefficient (Wildman–Crippen LogP) is 7.15. The number of thiocarbonyl (C=S) groups is 1. The number of aryl methyl sites for hydroxylation is 1. The Morgan fingerprint density at radius 1 is 1.03 bits per heavy atom. The summed E-state index contributed by atoms with van der Waals surface area (Å²) in [6.45, 7) is 11.2. The van der Waals surface area contributed by atoms with Crippen molar-refractivity contribution < 1.29 is 0 Å². The highest BCUT2D eigenvalue weighted by Gasteiger charge is 2.43. The molecule has 3 fully saturated rings. The Morgan fingerprint density at radius 3 is 2.43 bits per heavy atom. The van der Waals surface area contributed by atoms with Crippen molar-refractivity contribution in [2.75, 3.05) is 22.9 Å². The molecule has 0 unspecified atom stereocenters. The van der Waals surface area contributed by atoms with Crippen molar-refractivity contribution in [1.82, 2.24) is 14.9 Å². The van der Waals surface area contributed by atoms with Crippen LogP contribution >= 0.6 is 23.8 Å². The summed E-state index contributed by atoms with van der Waals surface area (Å²) in [5, 5.41) is 5.10. The summed E-state index contributed by atoms with van der Waals surface area (Å²) in [6, 6.07) is 15.5. The minimum atomic E-state index is -0.0518. The van der Waals surface area contributed by atoms with E-state index < -0.39 is 0 Å². The molecule has 7 heteroatoms. The maximum absolute atomic E-state index is 6.99. The Bertz CT molecular complexity index is 1310. The lowest BCUT2D eigenvalue weighted by atomic mass is 9.91. The van der Waals surface area contributed by atoms with Crippen molar-refractivity contribution in [3.05, 3.63) is 76.3 Å². The summed E-state index contributed by atoms with van der Waals surface area (Å²) in [7, 11) is 0. The molecule has 1 saturated carbocycles. The Hall–Kier alpha value is -2.57. The van der Waals surface area contributed by atoms with Gasteiger partial charge in [0, 0.05) is 42.4 Å². The normalized spacial score (nSPS) is 26.0. The first-order chi connectivity index (χ1) is 17.8. The second-order valence-corrected chi connectivity index (χ2v) is 12.2. The number of pyridine rings is 1. The van der Waals surface area contributed by atoms with Crippen LogP contribution in [0, 0.1) is 25.7 Å². The second kappa shape index (κ2) is 9.63. The highest BCUT2D eigenvalue weighted by molar-refractivity contribution is 7.80. The van der Waals surface area contributed by atoms with Gasteiger partial charge in [-0.05, 0) is 99.1 Å². The van der Waals surface area contributed by atoms with E-state index in [1.165, 1.54) is 36.2 Å². The average molecular weight is 534 g/mol. The monoisotopic (exact) mass is 533 g/mol. The van der Waals surface area contributed by atoms with Crippen molar-refractivity contribution in [2.45, 2.75) is 65.1 Å². The fourth-order valence-corrected chi connectivity index (χ4v) is 7.35. The average Bonchev–Trinajstić information content (AvgIpc) is 3.57. The Morgan fingerprint density at radius 2 is 1.78 bits per heavy atom. The van der Waals surface area contributed by atoms with Crippen molar-refractivity contribution in [3.63, 3.8) is 0 Å². The summed E-state index contributed by atoms with van der Waals surface area (Å²) < 4.78 is 2.51. The van der Waals surface area contributed by atoms with Gasteiger partial charge in [-0.25, -0.2) is 0 Å². The van der Waals surface area contributed by atoms with Crippen LogP contribution in [-0.2, 0) is 0 Å². The molecule has 0 bridgehead atoms. The van der Waals surface area contributed by atoms with Gasteiger partial charge in [-0.15, -0.1) is 0 Å². The van der Waals surface area contributed by atoms with E-state index in [1.807, 2.05) is 18.3 Å². The van der Waals surface area contributed by atoms with Gasteiger partial charge in [0.2, 0.25) is 0 Å². The number of benzene rings is 1. The minimum absolute atomic E-state index is 0.0157. The number of piperidine rings is 1. The molecule has 5 nitrogen and oxygen atoms in total. The molecular formula is C30H36ClN5S. The van der Waals surface area contributed by atoms with E-state index in [1.54, 1.807) is 0 Å². The van der Waals surface area contributed by atoms with E-state index in [4.69, 9.17) is 28.8 Å². The van der Waals surface area contributed by atoms with Crippen LogP contribution in [0.1, 0.15) is 73.9 Å². The molecule has 2 saturated heterocycles. The molecule has 4 atom stereocenters. The largest absolute Gasteiger partial charge is 0.370 e. The van der Waals surface area contributed by atoms with Gasteiger partial charge in [0.1, 0.15) is 0 Å². The van der Waals surface area contributed by atoms with Crippen LogP contribution in [0.4, 0.5) is 11.4 Å². The van der Waals surface area contributed by atoms with Crippen LogP contribution in [0.3, 0.4) is 0 Å². The SMILES string of the molecule is Cc1cc([C@@H]2[C@H](c3ccccn3)NC(=S)N2c2ccc(N3C[C@H](C)C[C@@H](C)C3)c(Cl)c2)c(C)n1C1CC1. The van der Waals surface area contributed by atoms with E-state index >= 15 is 0 Å². The van der Waals surface area contributed by atoms with Crippen molar-refractivity contribution in [1.29, 1.82) is 0 Å². The zero-order valence-electron chi connectivity index (χ0n) is 22.1. The van der Waals surface area contributed by atoms with E-state index in [0.29, 0.717) is 23.0 Å². The minimum Gasteiger partial charge on any atom is -0.370 e. The molecule has 3 aromatic rings. The lowest BCUT2D eigenvalue weighted by Crippen LogP contribution is -2.38. The highest BCUT2D eigenvalue weighted by Crippen LogP contribution is 2.47. The fraction of sp³-hybridized carbons (Fsp3) is 0.467. The predicted molar refractivity (Wildman–Crippen MR) is 157 cm³/mol. The van der Waals surface area contributed by atoms with Gasteiger partial charge in [0.25, 0.3) is 0 Å². The molecule has 0 radical (unpaired) electrons. The molecular weight excluding hydrogens is 498 g/mol. The van der Waals surface area contributed by atoms with Crippen LogP contribution in [0.15, 0.2) is 48.7 Å². The maximum Gasteiger partial charge on any atom is 0.174 e. The molecule has 37 heavy (non-hydrogen) atoms. The second-order valence-electron chi connectivity index (χ2n) is 11.4. The number of rotatable bonds is 5. The molecule has 0 amide bonds. The molecule has 6 rings (SSSR count). The van der Waals surface area contributed by atoms with Gasteiger partial charge in [-0.1, -0.05) is 31.5 Å².